The van der Waals surface area contributed by atoms with Crippen LogP contribution in [0.25, 0.3) is 10.9 Å². The zero-order chi connectivity index (χ0) is 15.6. The number of fused-ring (bicyclic) bond motifs is 1. The molecule has 0 bridgehead atoms. The molecular weight excluding hydrogens is 291 g/mol. The summed E-state index contributed by atoms with van der Waals surface area (Å²) in [5, 5.41) is 0.494. The molecule has 0 N–H and O–H groups in total. The highest BCUT2D eigenvalue weighted by molar-refractivity contribution is 5.82. The molecule has 0 atom stereocenters. The lowest BCUT2D eigenvalue weighted by atomic mass is 10.2. The fourth-order valence-electron chi connectivity index (χ4n) is 1.82. The van der Waals surface area contributed by atoms with Crippen molar-refractivity contribution in [2.45, 2.75) is 12.9 Å². The highest BCUT2D eigenvalue weighted by Gasteiger charge is 2.31. The number of hydrogen-bond donors (Lipinski definition) is 0. The van der Waals surface area contributed by atoms with Gasteiger partial charge in [-0.15, -0.1) is 13.2 Å². The number of rotatable bonds is 3. The van der Waals surface area contributed by atoms with Gasteiger partial charge in [0.2, 0.25) is 0 Å². The fraction of sp³-hybridized carbons (Fsp3) is 0.231. The summed E-state index contributed by atoms with van der Waals surface area (Å²) in [7, 11) is 1.15. The zero-order valence-corrected chi connectivity index (χ0v) is 10.8. The Labute approximate surface area is 116 Å². The molecular formula is C13H10F3NO4. The topological polar surface area (TPSA) is 57.5 Å². The van der Waals surface area contributed by atoms with Crippen molar-refractivity contribution in [2.24, 2.45) is 0 Å². The quantitative estimate of drug-likeness (QED) is 0.814. The van der Waals surface area contributed by atoms with E-state index in [2.05, 4.69) is 9.47 Å². The van der Waals surface area contributed by atoms with Crippen LogP contribution < -0.4 is 10.3 Å². The summed E-state index contributed by atoms with van der Waals surface area (Å²) >= 11 is 0. The molecule has 0 spiro atoms. The Morgan fingerprint density at radius 1 is 1.24 bits per heavy atom. The molecule has 112 valence electrons. The van der Waals surface area contributed by atoms with Crippen LogP contribution in [-0.2, 0) is 16.1 Å². The monoisotopic (exact) mass is 301 g/mol. The Morgan fingerprint density at radius 2 is 1.90 bits per heavy atom. The summed E-state index contributed by atoms with van der Waals surface area (Å²) < 4.78 is 45.9. The molecule has 0 aliphatic rings. The number of esters is 1. The fourth-order valence-corrected chi connectivity index (χ4v) is 1.82. The molecule has 8 heteroatoms. The third-order valence-corrected chi connectivity index (χ3v) is 2.71. The van der Waals surface area contributed by atoms with Crippen molar-refractivity contribution in [1.29, 1.82) is 0 Å². The molecule has 1 aromatic heterocycles. The first-order chi connectivity index (χ1) is 9.80. The number of hydrogen-bond acceptors (Lipinski definition) is 4. The van der Waals surface area contributed by atoms with Crippen molar-refractivity contribution in [1.82, 2.24) is 4.57 Å². The van der Waals surface area contributed by atoms with E-state index >= 15 is 0 Å². The molecule has 0 radical (unpaired) electrons. The standard InChI is InChI=1S/C13H10F3NO4/c1-20-12(19)7-17-10-6-9(21-13(14,15)16)4-2-8(10)3-5-11(17)18/h2-6H,7H2,1H3. The van der Waals surface area contributed by atoms with Gasteiger partial charge in [0.1, 0.15) is 12.3 Å². The van der Waals surface area contributed by atoms with E-state index in [1.165, 1.54) is 18.2 Å². The number of ether oxygens (including phenoxy) is 2. The molecule has 2 rings (SSSR count). The molecule has 0 unspecified atom stereocenters. The summed E-state index contributed by atoms with van der Waals surface area (Å²) in [5.41, 5.74) is -0.383. The molecule has 0 aliphatic heterocycles. The van der Waals surface area contributed by atoms with Crippen LogP contribution in [0.15, 0.2) is 35.1 Å². The normalized spacial score (nSPS) is 11.4. The van der Waals surface area contributed by atoms with Crippen LogP contribution in [0.4, 0.5) is 13.2 Å². The van der Waals surface area contributed by atoms with E-state index in [0.717, 1.165) is 23.8 Å². The van der Waals surface area contributed by atoms with Crippen LogP contribution in [-0.4, -0.2) is 24.0 Å². The van der Waals surface area contributed by atoms with E-state index in [4.69, 9.17) is 0 Å². The number of pyridine rings is 1. The van der Waals surface area contributed by atoms with Crippen molar-refractivity contribution < 1.29 is 27.4 Å². The number of methoxy groups -OCH3 is 1. The van der Waals surface area contributed by atoms with Crippen LogP contribution >= 0.6 is 0 Å². The Kier molecular flexibility index (Phi) is 3.88. The van der Waals surface area contributed by atoms with E-state index in [0.29, 0.717) is 5.39 Å². The molecule has 2 aromatic rings. The van der Waals surface area contributed by atoms with Gasteiger partial charge in [0.15, 0.2) is 0 Å². The summed E-state index contributed by atoms with van der Waals surface area (Å²) in [4.78, 5) is 23.1. The number of carbonyl (C=O) groups is 1. The van der Waals surface area contributed by atoms with E-state index in [1.807, 2.05) is 0 Å². The van der Waals surface area contributed by atoms with Gasteiger partial charge in [0.25, 0.3) is 5.56 Å². The first-order valence-electron chi connectivity index (χ1n) is 5.76. The minimum Gasteiger partial charge on any atom is -0.468 e. The lowest BCUT2D eigenvalue weighted by Gasteiger charge is -2.12. The Balaban J connectivity index is 2.55. The first kappa shape index (κ1) is 14.9. The van der Waals surface area contributed by atoms with Gasteiger partial charge in [-0.05, 0) is 23.6 Å². The lowest BCUT2D eigenvalue weighted by Crippen LogP contribution is -2.24. The molecule has 0 saturated carbocycles. The van der Waals surface area contributed by atoms with E-state index in [-0.39, 0.29) is 5.52 Å². The number of carbonyl (C=O) groups excluding carboxylic acids is 1. The Morgan fingerprint density at radius 3 is 2.52 bits per heavy atom. The van der Waals surface area contributed by atoms with Crippen LogP contribution in [0, 0.1) is 0 Å². The maximum absolute atomic E-state index is 12.2. The van der Waals surface area contributed by atoms with E-state index in [1.54, 1.807) is 0 Å². The first-order valence-corrected chi connectivity index (χ1v) is 5.76. The van der Waals surface area contributed by atoms with Gasteiger partial charge >= 0.3 is 12.3 Å². The lowest BCUT2D eigenvalue weighted by molar-refractivity contribution is -0.274. The second-order valence-electron chi connectivity index (χ2n) is 4.10. The minimum atomic E-state index is -4.84. The van der Waals surface area contributed by atoms with Crippen molar-refractivity contribution in [3.63, 3.8) is 0 Å². The predicted octanol–water partition coefficient (Wildman–Crippen LogP) is 2.07. The second-order valence-corrected chi connectivity index (χ2v) is 4.10. The van der Waals surface area contributed by atoms with Crippen LogP contribution in [0.5, 0.6) is 5.75 Å². The van der Waals surface area contributed by atoms with Gasteiger partial charge in [-0.25, -0.2) is 0 Å². The van der Waals surface area contributed by atoms with Gasteiger partial charge in [-0.2, -0.15) is 0 Å². The van der Waals surface area contributed by atoms with Gasteiger partial charge in [-0.1, -0.05) is 0 Å². The van der Waals surface area contributed by atoms with E-state index in [9.17, 15) is 22.8 Å². The van der Waals surface area contributed by atoms with E-state index < -0.39 is 30.2 Å². The van der Waals surface area contributed by atoms with Crippen molar-refractivity contribution >= 4 is 16.9 Å². The zero-order valence-electron chi connectivity index (χ0n) is 10.8. The van der Waals surface area contributed by atoms with Crippen molar-refractivity contribution in [2.75, 3.05) is 7.11 Å². The smallest absolute Gasteiger partial charge is 0.468 e. The number of aromatic nitrogens is 1. The maximum atomic E-state index is 12.2. The van der Waals surface area contributed by atoms with Crippen molar-refractivity contribution in [3.05, 3.63) is 40.7 Å². The summed E-state index contributed by atoms with van der Waals surface area (Å²) in [6, 6.07) is 6.21. The minimum absolute atomic E-state index is 0.148. The van der Waals surface area contributed by atoms with Crippen LogP contribution in [0.2, 0.25) is 0 Å². The molecule has 0 saturated heterocycles. The number of nitrogens with zero attached hydrogens (tertiary/aromatic N) is 1. The predicted molar refractivity (Wildman–Crippen MR) is 66.9 cm³/mol. The van der Waals surface area contributed by atoms with Crippen LogP contribution in [0.3, 0.4) is 0 Å². The van der Waals surface area contributed by atoms with Gasteiger partial charge < -0.3 is 9.47 Å². The number of alkyl halides is 3. The van der Waals surface area contributed by atoms with Gasteiger partial charge in [0, 0.05) is 12.1 Å². The van der Waals surface area contributed by atoms with Crippen LogP contribution in [0.1, 0.15) is 0 Å². The SMILES string of the molecule is COC(=O)Cn1c(=O)ccc2ccc(OC(F)(F)F)cc21. The van der Waals surface area contributed by atoms with Crippen molar-refractivity contribution in [3.8, 4) is 5.75 Å². The summed E-state index contributed by atoms with van der Waals surface area (Å²) in [6.07, 6.45) is -4.84. The molecule has 21 heavy (non-hydrogen) atoms. The molecule has 1 heterocycles. The molecule has 5 nitrogen and oxygen atoms in total. The highest BCUT2D eigenvalue weighted by Crippen LogP contribution is 2.25. The second kappa shape index (κ2) is 5.47. The molecule has 0 aliphatic carbocycles. The third kappa shape index (κ3) is 3.53. The summed E-state index contributed by atoms with van der Waals surface area (Å²) in [5.74, 6) is -1.16. The highest BCUT2D eigenvalue weighted by atomic mass is 19.4. The summed E-state index contributed by atoms with van der Waals surface area (Å²) in [6.45, 7) is -0.401. The molecule has 1 aromatic carbocycles. The number of halogens is 3. The largest absolute Gasteiger partial charge is 0.573 e. The third-order valence-electron chi connectivity index (χ3n) is 2.71. The van der Waals surface area contributed by atoms with Gasteiger partial charge in [0.05, 0.1) is 12.6 Å². The molecule has 0 fully saturated rings. The Bertz CT molecular complexity index is 736. The van der Waals surface area contributed by atoms with Gasteiger partial charge in [-0.3, -0.25) is 14.2 Å². The maximum Gasteiger partial charge on any atom is 0.573 e. The average molecular weight is 301 g/mol. The molecule has 0 amide bonds. The Hall–Kier alpha value is -2.51. The number of benzene rings is 1. The average Bonchev–Trinajstić information content (AvgIpc) is 2.40.